The van der Waals surface area contributed by atoms with E-state index in [1.54, 1.807) is 20.8 Å². The molecule has 0 aromatic rings. The third-order valence-corrected chi connectivity index (χ3v) is 5.07. The van der Waals surface area contributed by atoms with Gasteiger partial charge >= 0.3 is 6.09 Å². The number of carboxylic acid groups (broad SMARTS) is 1. The van der Waals surface area contributed by atoms with Gasteiger partial charge < -0.3 is 5.11 Å². The summed E-state index contributed by atoms with van der Waals surface area (Å²) >= 11 is 0. The third kappa shape index (κ3) is 4.55. The number of hydrogen-bond acceptors (Lipinski definition) is 7. The average Bonchev–Trinajstić information content (AvgIpc) is 2.62. The molecule has 0 saturated carbocycles. The van der Waals surface area contributed by atoms with Crippen LogP contribution in [0.4, 0.5) is 4.79 Å². The second-order valence-corrected chi connectivity index (χ2v) is 9.90. The second-order valence-electron chi connectivity index (χ2n) is 6.65. The summed E-state index contributed by atoms with van der Waals surface area (Å²) < 4.78 is 55.8. The molecule has 1 aliphatic heterocycles. The first-order valence-corrected chi connectivity index (χ1v) is 10.5. The fourth-order valence-corrected chi connectivity index (χ4v) is 4.01. The SMILES string of the molecule is CC(C)(C)[C@@]1(COS(C)(=O)=O)[C@@H](OS(C)(=O)=O)CCN1C(=O)O. The van der Waals surface area contributed by atoms with Crippen LogP contribution in [0.5, 0.6) is 0 Å². The van der Waals surface area contributed by atoms with Crippen LogP contribution >= 0.6 is 0 Å². The summed E-state index contributed by atoms with van der Waals surface area (Å²) in [6.45, 7) is 4.53. The van der Waals surface area contributed by atoms with Crippen molar-refractivity contribution in [2.24, 2.45) is 5.41 Å². The van der Waals surface area contributed by atoms with E-state index in [1.807, 2.05) is 0 Å². The van der Waals surface area contributed by atoms with E-state index in [0.29, 0.717) is 0 Å². The molecule has 9 nitrogen and oxygen atoms in total. The van der Waals surface area contributed by atoms with Crippen LogP contribution in [-0.4, -0.2) is 70.2 Å². The van der Waals surface area contributed by atoms with Crippen molar-refractivity contribution in [3.63, 3.8) is 0 Å². The Hall–Kier alpha value is -0.910. The molecule has 0 bridgehead atoms. The number of rotatable bonds is 5. The highest BCUT2D eigenvalue weighted by molar-refractivity contribution is 7.86. The number of amides is 1. The molecule has 0 aliphatic carbocycles. The van der Waals surface area contributed by atoms with E-state index in [4.69, 9.17) is 8.37 Å². The quantitative estimate of drug-likeness (QED) is 0.689. The molecule has 0 aromatic carbocycles. The summed E-state index contributed by atoms with van der Waals surface area (Å²) in [7, 11) is -7.72. The minimum atomic E-state index is -3.87. The third-order valence-electron chi connectivity index (χ3n) is 3.94. The lowest BCUT2D eigenvalue weighted by molar-refractivity contribution is -0.0540. The van der Waals surface area contributed by atoms with Crippen molar-refractivity contribution in [3.8, 4) is 0 Å². The van der Waals surface area contributed by atoms with Crippen molar-refractivity contribution in [1.82, 2.24) is 4.90 Å². The summed E-state index contributed by atoms with van der Waals surface area (Å²) in [6, 6.07) is 0. The van der Waals surface area contributed by atoms with Gasteiger partial charge in [0.25, 0.3) is 20.2 Å². The van der Waals surface area contributed by atoms with Crippen LogP contribution < -0.4 is 0 Å². The van der Waals surface area contributed by atoms with Gasteiger partial charge in [-0.1, -0.05) is 20.8 Å². The van der Waals surface area contributed by atoms with Crippen molar-refractivity contribution in [2.45, 2.75) is 38.8 Å². The Balaban J connectivity index is 3.43. The Morgan fingerprint density at radius 2 is 1.74 bits per heavy atom. The maximum absolute atomic E-state index is 11.6. The highest BCUT2D eigenvalue weighted by Crippen LogP contribution is 2.46. The van der Waals surface area contributed by atoms with Gasteiger partial charge in [-0.2, -0.15) is 16.8 Å². The molecule has 1 N–H and O–H groups in total. The molecule has 0 aromatic heterocycles. The predicted octanol–water partition coefficient (Wildman–Crippen LogP) is 0.476. The first-order chi connectivity index (χ1) is 10.1. The van der Waals surface area contributed by atoms with Crippen molar-refractivity contribution in [1.29, 1.82) is 0 Å². The van der Waals surface area contributed by atoms with E-state index in [9.17, 15) is 26.7 Å². The molecule has 136 valence electrons. The normalized spacial score (nSPS) is 26.5. The number of likely N-dealkylation sites (tertiary alicyclic amines) is 1. The smallest absolute Gasteiger partial charge is 0.407 e. The average molecular weight is 373 g/mol. The molecule has 1 fully saturated rings. The minimum absolute atomic E-state index is 0.0138. The lowest BCUT2D eigenvalue weighted by Gasteiger charge is -2.48. The molecule has 0 spiro atoms. The van der Waals surface area contributed by atoms with Gasteiger partial charge in [-0.15, -0.1) is 0 Å². The summed E-state index contributed by atoms with van der Waals surface area (Å²) in [5.41, 5.74) is -2.31. The van der Waals surface area contributed by atoms with Gasteiger partial charge in [0.15, 0.2) is 0 Å². The van der Waals surface area contributed by atoms with Crippen LogP contribution in [-0.2, 0) is 28.6 Å². The molecular weight excluding hydrogens is 350 g/mol. The van der Waals surface area contributed by atoms with Crippen LogP contribution in [0.3, 0.4) is 0 Å². The molecule has 1 saturated heterocycles. The topological polar surface area (TPSA) is 127 Å². The predicted molar refractivity (Wildman–Crippen MR) is 82.0 cm³/mol. The van der Waals surface area contributed by atoms with Crippen molar-refractivity contribution >= 4 is 26.3 Å². The van der Waals surface area contributed by atoms with Crippen LogP contribution in [0.2, 0.25) is 0 Å². The van der Waals surface area contributed by atoms with Crippen molar-refractivity contribution in [2.75, 3.05) is 25.7 Å². The Morgan fingerprint density at radius 1 is 1.22 bits per heavy atom. The molecule has 1 aliphatic rings. The van der Waals surface area contributed by atoms with Gasteiger partial charge in [0.05, 0.1) is 19.1 Å². The Kier molecular flexibility index (Phi) is 5.42. The van der Waals surface area contributed by atoms with Crippen LogP contribution in [0.15, 0.2) is 0 Å². The molecule has 1 rings (SSSR count). The zero-order chi connectivity index (χ0) is 18.3. The van der Waals surface area contributed by atoms with Gasteiger partial charge in [-0.25, -0.2) is 4.79 Å². The van der Waals surface area contributed by atoms with Crippen LogP contribution in [0.1, 0.15) is 27.2 Å². The van der Waals surface area contributed by atoms with Crippen molar-refractivity contribution < 1.29 is 35.1 Å². The maximum atomic E-state index is 11.6. The summed E-state index contributed by atoms with van der Waals surface area (Å²) in [6.07, 6.45) is -0.520. The van der Waals surface area contributed by atoms with E-state index < -0.39 is 50.0 Å². The molecule has 23 heavy (non-hydrogen) atoms. The summed E-state index contributed by atoms with van der Waals surface area (Å²) in [4.78, 5) is 12.6. The van der Waals surface area contributed by atoms with Gasteiger partial charge in [0.2, 0.25) is 0 Å². The fraction of sp³-hybridized carbons (Fsp3) is 0.917. The Bertz CT molecular complexity index is 664. The van der Waals surface area contributed by atoms with E-state index in [1.165, 1.54) is 0 Å². The lowest BCUT2D eigenvalue weighted by Crippen LogP contribution is -2.64. The lowest BCUT2D eigenvalue weighted by atomic mass is 9.71. The molecule has 1 heterocycles. The van der Waals surface area contributed by atoms with E-state index in [-0.39, 0.29) is 13.0 Å². The Morgan fingerprint density at radius 3 is 2.09 bits per heavy atom. The zero-order valence-electron chi connectivity index (χ0n) is 13.8. The molecule has 1 amide bonds. The molecular formula is C12H23NO8S2. The summed E-state index contributed by atoms with van der Waals surface area (Å²) in [5, 5.41) is 9.47. The zero-order valence-corrected chi connectivity index (χ0v) is 15.4. The van der Waals surface area contributed by atoms with Gasteiger partial charge in [-0.05, 0) is 11.8 Å². The summed E-state index contributed by atoms with van der Waals surface area (Å²) in [5.74, 6) is 0. The molecule has 0 unspecified atom stereocenters. The first kappa shape index (κ1) is 20.1. The van der Waals surface area contributed by atoms with Gasteiger partial charge in [-0.3, -0.25) is 13.3 Å². The largest absolute Gasteiger partial charge is 0.465 e. The minimum Gasteiger partial charge on any atom is -0.465 e. The Labute approximate surface area is 136 Å². The molecule has 2 atom stereocenters. The van der Waals surface area contributed by atoms with Crippen molar-refractivity contribution in [3.05, 3.63) is 0 Å². The van der Waals surface area contributed by atoms with Crippen LogP contribution in [0.25, 0.3) is 0 Å². The molecule has 0 radical (unpaired) electrons. The van der Waals surface area contributed by atoms with Crippen LogP contribution in [0, 0.1) is 5.41 Å². The second kappa shape index (κ2) is 6.19. The fourth-order valence-electron chi connectivity index (χ4n) is 2.94. The number of hydrogen-bond donors (Lipinski definition) is 1. The van der Waals surface area contributed by atoms with E-state index >= 15 is 0 Å². The standard InChI is InChI=1S/C12H23NO8S2/c1-11(2,3)12(8-20-22(4,16)17)9(21-23(5,18)19)6-7-13(12)10(14)15/h9H,6-8H2,1-5H3,(H,14,15)/t9-,12+/m0/s1. The highest BCUT2D eigenvalue weighted by Gasteiger charge is 2.60. The number of carbonyl (C=O) groups is 1. The van der Waals surface area contributed by atoms with E-state index in [0.717, 1.165) is 17.4 Å². The number of nitrogens with zero attached hydrogens (tertiary/aromatic N) is 1. The van der Waals surface area contributed by atoms with Gasteiger partial charge in [0.1, 0.15) is 11.6 Å². The first-order valence-electron chi connectivity index (χ1n) is 6.83. The monoisotopic (exact) mass is 373 g/mol. The van der Waals surface area contributed by atoms with Gasteiger partial charge in [0, 0.05) is 6.54 Å². The maximum Gasteiger partial charge on any atom is 0.407 e. The highest BCUT2D eigenvalue weighted by atomic mass is 32.2. The van der Waals surface area contributed by atoms with E-state index in [2.05, 4.69) is 0 Å². The molecule has 11 heteroatoms.